The predicted octanol–water partition coefficient (Wildman–Crippen LogP) is 2.28. The number of aromatic nitrogens is 4. The van der Waals surface area contributed by atoms with E-state index in [1.807, 2.05) is 25.6 Å². The van der Waals surface area contributed by atoms with Crippen LogP contribution in [-0.2, 0) is 6.54 Å². The summed E-state index contributed by atoms with van der Waals surface area (Å²) in [7, 11) is 0. The smallest absolute Gasteiger partial charge is 0.187 e. The van der Waals surface area contributed by atoms with Crippen molar-refractivity contribution in [1.29, 1.82) is 5.26 Å². The SMILES string of the molecule is CSc1ncc(C)c(-c2cnn(CCC#N)c2)n1. The van der Waals surface area contributed by atoms with E-state index < -0.39 is 0 Å². The minimum absolute atomic E-state index is 0.458. The van der Waals surface area contributed by atoms with Gasteiger partial charge in [0.25, 0.3) is 0 Å². The van der Waals surface area contributed by atoms with Crippen LogP contribution >= 0.6 is 11.8 Å². The standard InChI is InChI=1S/C12H13N5S/c1-9-6-14-12(18-2)16-11(9)10-7-15-17(8-10)5-3-4-13/h6-8H,3,5H2,1-2H3. The maximum absolute atomic E-state index is 8.55. The molecule has 0 saturated heterocycles. The molecule has 0 aromatic carbocycles. The van der Waals surface area contributed by atoms with Crippen LogP contribution in [0.4, 0.5) is 0 Å². The average Bonchev–Trinajstić information content (AvgIpc) is 2.85. The summed E-state index contributed by atoms with van der Waals surface area (Å²) in [6.45, 7) is 2.59. The van der Waals surface area contributed by atoms with Gasteiger partial charge in [-0.3, -0.25) is 4.68 Å². The number of hydrogen-bond donors (Lipinski definition) is 0. The molecule has 0 bridgehead atoms. The first kappa shape index (κ1) is 12.6. The van der Waals surface area contributed by atoms with Gasteiger partial charge in [0.15, 0.2) is 5.16 Å². The molecule has 0 atom stereocenters. The molecule has 0 saturated carbocycles. The Labute approximate surface area is 110 Å². The van der Waals surface area contributed by atoms with Crippen molar-refractivity contribution in [2.75, 3.05) is 6.26 Å². The Kier molecular flexibility index (Phi) is 3.95. The molecule has 6 heteroatoms. The molecule has 0 aliphatic carbocycles. The van der Waals surface area contributed by atoms with Crippen molar-refractivity contribution in [2.45, 2.75) is 25.0 Å². The number of aryl methyl sites for hydroxylation is 2. The van der Waals surface area contributed by atoms with E-state index in [0.29, 0.717) is 13.0 Å². The molecule has 2 rings (SSSR count). The van der Waals surface area contributed by atoms with Gasteiger partial charge in [-0.25, -0.2) is 9.97 Å². The molecule has 2 heterocycles. The van der Waals surface area contributed by atoms with Crippen LogP contribution in [0.1, 0.15) is 12.0 Å². The fraction of sp³-hybridized carbons (Fsp3) is 0.333. The lowest BCUT2D eigenvalue weighted by molar-refractivity contribution is 0.628. The zero-order chi connectivity index (χ0) is 13.0. The highest BCUT2D eigenvalue weighted by Crippen LogP contribution is 2.22. The van der Waals surface area contributed by atoms with Crippen LogP contribution in [0.25, 0.3) is 11.3 Å². The Morgan fingerprint density at radius 2 is 2.28 bits per heavy atom. The van der Waals surface area contributed by atoms with Crippen molar-refractivity contribution in [3.63, 3.8) is 0 Å². The lowest BCUT2D eigenvalue weighted by atomic mass is 10.2. The van der Waals surface area contributed by atoms with Crippen molar-refractivity contribution in [3.05, 3.63) is 24.2 Å². The molecular weight excluding hydrogens is 246 g/mol. The predicted molar refractivity (Wildman–Crippen MR) is 70.0 cm³/mol. The van der Waals surface area contributed by atoms with Crippen LogP contribution < -0.4 is 0 Å². The number of nitrogens with zero attached hydrogens (tertiary/aromatic N) is 5. The average molecular weight is 259 g/mol. The lowest BCUT2D eigenvalue weighted by Gasteiger charge is -2.03. The molecule has 0 fully saturated rings. The third kappa shape index (κ3) is 2.68. The highest BCUT2D eigenvalue weighted by atomic mass is 32.2. The topological polar surface area (TPSA) is 67.4 Å². The van der Waals surface area contributed by atoms with Crippen LogP contribution in [0.3, 0.4) is 0 Å². The first-order valence-electron chi connectivity index (χ1n) is 5.52. The molecule has 0 N–H and O–H groups in total. The van der Waals surface area contributed by atoms with Gasteiger partial charge in [-0.15, -0.1) is 0 Å². The first-order valence-corrected chi connectivity index (χ1v) is 6.74. The number of rotatable bonds is 4. The highest BCUT2D eigenvalue weighted by molar-refractivity contribution is 7.98. The van der Waals surface area contributed by atoms with E-state index in [1.165, 1.54) is 11.8 Å². The Morgan fingerprint density at radius 3 is 3.00 bits per heavy atom. The van der Waals surface area contributed by atoms with E-state index >= 15 is 0 Å². The Morgan fingerprint density at radius 1 is 1.44 bits per heavy atom. The Bertz CT molecular complexity index is 584. The largest absolute Gasteiger partial charge is 0.271 e. The quantitative estimate of drug-likeness (QED) is 0.622. The molecule has 0 unspecified atom stereocenters. The van der Waals surface area contributed by atoms with Crippen LogP contribution in [0.15, 0.2) is 23.7 Å². The molecule has 92 valence electrons. The van der Waals surface area contributed by atoms with Gasteiger partial charge >= 0.3 is 0 Å². The van der Waals surface area contributed by atoms with Crippen molar-refractivity contribution >= 4 is 11.8 Å². The van der Waals surface area contributed by atoms with Crippen molar-refractivity contribution in [3.8, 4) is 17.3 Å². The van der Waals surface area contributed by atoms with E-state index in [0.717, 1.165) is 22.0 Å². The van der Waals surface area contributed by atoms with E-state index in [2.05, 4.69) is 21.1 Å². The van der Waals surface area contributed by atoms with Crippen molar-refractivity contribution < 1.29 is 0 Å². The summed E-state index contributed by atoms with van der Waals surface area (Å²) in [6, 6.07) is 2.11. The summed E-state index contributed by atoms with van der Waals surface area (Å²) >= 11 is 1.51. The summed E-state index contributed by atoms with van der Waals surface area (Å²) in [5.74, 6) is 0. The third-order valence-corrected chi connectivity index (χ3v) is 3.05. The molecule has 18 heavy (non-hydrogen) atoms. The summed E-state index contributed by atoms with van der Waals surface area (Å²) < 4.78 is 1.76. The van der Waals surface area contributed by atoms with Gasteiger partial charge in [-0.2, -0.15) is 10.4 Å². The minimum Gasteiger partial charge on any atom is -0.271 e. The van der Waals surface area contributed by atoms with Gasteiger partial charge in [-0.05, 0) is 18.7 Å². The van der Waals surface area contributed by atoms with Crippen molar-refractivity contribution in [1.82, 2.24) is 19.7 Å². The molecule has 2 aromatic heterocycles. The second kappa shape index (κ2) is 5.65. The summed E-state index contributed by atoms with van der Waals surface area (Å²) in [6.07, 6.45) is 7.92. The highest BCUT2D eigenvalue weighted by Gasteiger charge is 2.08. The molecule has 0 aliphatic rings. The molecule has 0 aliphatic heterocycles. The second-order valence-electron chi connectivity index (χ2n) is 3.79. The fourth-order valence-corrected chi connectivity index (χ4v) is 1.93. The molecule has 2 aromatic rings. The molecule has 0 amide bonds. The van der Waals surface area contributed by atoms with Gasteiger partial charge in [-0.1, -0.05) is 11.8 Å². The molecule has 5 nitrogen and oxygen atoms in total. The zero-order valence-corrected chi connectivity index (χ0v) is 11.1. The monoisotopic (exact) mass is 259 g/mol. The van der Waals surface area contributed by atoms with E-state index in [1.54, 1.807) is 10.9 Å². The number of thioether (sulfide) groups is 1. The van der Waals surface area contributed by atoms with Crippen molar-refractivity contribution in [2.24, 2.45) is 0 Å². The molecule has 0 spiro atoms. The summed E-state index contributed by atoms with van der Waals surface area (Å²) in [5.41, 5.74) is 2.88. The maximum atomic E-state index is 8.55. The summed E-state index contributed by atoms with van der Waals surface area (Å²) in [4.78, 5) is 8.71. The Hall–Kier alpha value is -1.87. The number of hydrogen-bond acceptors (Lipinski definition) is 5. The molecule has 0 radical (unpaired) electrons. The Balaban J connectivity index is 2.31. The van der Waals surface area contributed by atoms with E-state index in [4.69, 9.17) is 5.26 Å². The van der Waals surface area contributed by atoms with Gasteiger partial charge in [0.05, 0.1) is 30.9 Å². The van der Waals surface area contributed by atoms with Gasteiger partial charge in [0.2, 0.25) is 0 Å². The van der Waals surface area contributed by atoms with Crippen LogP contribution in [0, 0.1) is 18.3 Å². The molecular formula is C12H13N5S. The second-order valence-corrected chi connectivity index (χ2v) is 4.56. The van der Waals surface area contributed by atoms with E-state index in [-0.39, 0.29) is 0 Å². The van der Waals surface area contributed by atoms with Gasteiger partial charge < -0.3 is 0 Å². The maximum Gasteiger partial charge on any atom is 0.187 e. The van der Waals surface area contributed by atoms with Crippen LogP contribution in [0.5, 0.6) is 0 Å². The van der Waals surface area contributed by atoms with E-state index in [9.17, 15) is 0 Å². The van der Waals surface area contributed by atoms with Crippen LogP contribution in [0.2, 0.25) is 0 Å². The normalized spacial score (nSPS) is 10.3. The fourth-order valence-electron chi connectivity index (χ4n) is 1.59. The zero-order valence-electron chi connectivity index (χ0n) is 10.3. The lowest BCUT2D eigenvalue weighted by Crippen LogP contribution is -1.96. The first-order chi connectivity index (χ1) is 8.74. The van der Waals surface area contributed by atoms with Gasteiger partial charge in [0.1, 0.15) is 0 Å². The summed E-state index contributed by atoms with van der Waals surface area (Å²) in [5, 5.41) is 13.5. The minimum atomic E-state index is 0.458. The number of nitriles is 1. The van der Waals surface area contributed by atoms with Crippen LogP contribution in [-0.4, -0.2) is 26.0 Å². The van der Waals surface area contributed by atoms with Gasteiger partial charge in [0, 0.05) is 18.0 Å². The third-order valence-electron chi connectivity index (χ3n) is 2.49.